The van der Waals surface area contributed by atoms with Gasteiger partial charge in [-0.05, 0) is 13.8 Å². The zero-order chi connectivity index (χ0) is 12.6. The molecular formula is C11H14N2O4. The Morgan fingerprint density at radius 2 is 2.35 bits per heavy atom. The first-order valence-electron chi connectivity index (χ1n) is 5.39. The molecule has 2 rings (SSSR count). The van der Waals surface area contributed by atoms with Crippen LogP contribution in [0.2, 0.25) is 0 Å². The Morgan fingerprint density at radius 1 is 1.65 bits per heavy atom. The maximum Gasteiger partial charge on any atom is 0.347 e. The summed E-state index contributed by atoms with van der Waals surface area (Å²) in [7, 11) is 1.73. The van der Waals surface area contributed by atoms with Crippen molar-refractivity contribution in [3.8, 4) is 0 Å². The molecule has 1 aliphatic rings. The molecule has 0 aromatic carbocycles. The average Bonchev–Trinajstić information content (AvgIpc) is 2.73. The van der Waals surface area contributed by atoms with Crippen LogP contribution in [0.1, 0.15) is 29.4 Å². The van der Waals surface area contributed by atoms with Gasteiger partial charge in [-0.15, -0.1) is 0 Å². The number of rotatable bonds is 2. The van der Waals surface area contributed by atoms with Crippen molar-refractivity contribution in [3.05, 3.63) is 17.5 Å². The van der Waals surface area contributed by atoms with Gasteiger partial charge in [0.05, 0.1) is 6.20 Å². The van der Waals surface area contributed by atoms with Crippen LogP contribution in [0.4, 0.5) is 0 Å². The normalized spacial score (nSPS) is 23.6. The van der Waals surface area contributed by atoms with Gasteiger partial charge in [-0.25, -0.2) is 9.59 Å². The van der Waals surface area contributed by atoms with E-state index in [9.17, 15) is 9.59 Å². The van der Waals surface area contributed by atoms with Crippen LogP contribution in [0, 0.1) is 6.92 Å². The number of cyclic esters (lactones) is 1. The lowest BCUT2D eigenvalue weighted by molar-refractivity contribution is -0.147. The predicted octanol–water partition coefficient (Wildman–Crippen LogP) is 0.589. The second-order valence-corrected chi connectivity index (χ2v) is 4.14. The second kappa shape index (κ2) is 4.20. The number of carbonyl (C=O) groups excluding carboxylic acids is 2. The highest BCUT2D eigenvalue weighted by atomic mass is 16.6. The molecule has 0 N–H and O–H groups in total. The van der Waals surface area contributed by atoms with Gasteiger partial charge in [0.15, 0.2) is 0 Å². The molecule has 1 saturated heterocycles. The molecule has 1 fully saturated rings. The quantitative estimate of drug-likeness (QED) is 0.705. The molecule has 6 heteroatoms. The van der Waals surface area contributed by atoms with Crippen LogP contribution in [-0.2, 0) is 21.3 Å². The first-order valence-corrected chi connectivity index (χ1v) is 5.39. The molecule has 2 atom stereocenters. The smallest absolute Gasteiger partial charge is 0.347 e. The number of nitrogens with zero attached hydrogens (tertiary/aromatic N) is 2. The van der Waals surface area contributed by atoms with E-state index in [1.165, 1.54) is 6.20 Å². The molecular weight excluding hydrogens is 224 g/mol. The Bertz CT molecular complexity index is 466. The van der Waals surface area contributed by atoms with E-state index in [-0.39, 0.29) is 6.10 Å². The summed E-state index contributed by atoms with van der Waals surface area (Å²) in [6.07, 6.45) is 0.845. The summed E-state index contributed by atoms with van der Waals surface area (Å²) in [5.74, 6) is -1.01. The average molecular weight is 238 g/mol. The first-order chi connectivity index (χ1) is 7.99. The lowest BCUT2D eigenvalue weighted by Crippen LogP contribution is -2.23. The fourth-order valence-corrected chi connectivity index (χ4v) is 1.71. The highest BCUT2D eigenvalue weighted by Gasteiger charge is 2.35. The highest BCUT2D eigenvalue weighted by molar-refractivity contribution is 5.92. The molecule has 0 bridgehead atoms. The number of ether oxygens (including phenoxy) is 2. The van der Waals surface area contributed by atoms with Gasteiger partial charge in [-0.2, -0.15) is 5.10 Å². The number of esters is 2. The number of aryl methyl sites for hydroxylation is 1. The number of hydrogen-bond donors (Lipinski definition) is 0. The Hall–Kier alpha value is -1.85. The Labute approximate surface area is 98.5 Å². The van der Waals surface area contributed by atoms with Crippen LogP contribution in [0.15, 0.2) is 6.20 Å². The van der Waals surface area contributed by atoms with E-state index in [1.54, 1.807) is 25.6 Å². The largest absolute Gasteiger partial charge is 0.460 e. The summed E-state index contributed by atoms with van der Waals surface area (Å²) in [5, 5.41) is 3.95. The van der Waals surface area contributed by atoms with E-state index in [1.807, 2.05) is 0 Å². The van der Waals surface area contributed by atoms with Gasteiger partial charge in [-0.1, -0.05) is 0 Å². The first kappa shape index (κ1) is 11.6. The molecule has 1 aliphatic heterocycles. The van der Waals surface area contributed by atoms with Crippen molar-refractivity contribution in [2.24, 2.45) is 7.05 Å². The minimum atomic E-state index is -0.794. The monoisotopic (exact) mass is 238 g/mol. The molecule has 0 spiro atoms. The van der Waals surface area contributed by atoms with Gasteiger partial charge in [0.1, 0.15) is 11.7 Å². The molecule has 1 aromatic rings. The maximum atomic E-state index is 11.8. The van der Waals surface area contributed by atoms with Gasteiger partial charge < -0.3 is 9.47 Å². The Morgan fingerprint density at radius 3 is 2.82 bits per heavy atom. The highest BCUT2D eigenvalue weighted by Crippen LogP contribution is 2.19. The fraction of sp³-hybridized carbons (Fsp3) is 0.545. The minimum Gasteiger partial charge on any atom is -0.460 e. The fourth-order valence-electron chi connectivity index (χ4n) is 1.71. The molecule has 0 aliphatic carbocycles. The molecule has 2 heterocycles. The summed E-state index contributed by atoms with van der Waals surface area (Å²) < 4.78 is 11.6. The maximum absolute atomic E-state index is 11.8. The third kappa shape index (κ3) is 2.15. The second-order valence-electron chi connectivity index (χ2n) is 4.14. The van der Waals surface area contributed by atoms with Gasteiger partial charge in [-0.3, -0.25) is 4.68 Å². The standard InChI is InChI=1S/C11H14N2O4/c1-6-4-9(11(15)16-6)17-10(14)8-5-12-13(3)7(8)2/h5-6,9H,4H2,1-3H3. The molecule has 2 unspecified atom stereocenters. The molecule has 17 heavy (non-hydrogen) atoms. The Kier molecular flexibility index (Phi) is 2.87. The SMILES string of the molecule is Cc1c(C(=O)OC2CC(C)OC2=O)cnn1C. The topological polar surface area (TPSA) is 70.4 Å². The molecule has 0 saturated carbocycles. The number of hydrogen-bond acceptors (Lipinski definition) is 5. The number of aromatic nitrogens is 2. The van der Waals surface area contributed by atoms with Gasteiger partial charge in [0, 0.05) is 19.2 Å². The van der Waals surface area contributed by atoms with Crippen molar-refractivity contribution in [1.29, 1.82) is 0 Å². The third-order valence-electron chi connectivity index (χ3n) is 2.83. The van der Waals surface area contributed by atoms with Gasteiger partial charge in [0.2, 0.25) is 6.10 Å². The van der Waals surface area contributed by atoms with E-state index < -0.39 is 18.0 Å². The lowest BCUT2D eigenvalue weighted by Gasteiger charge is -2.07. The summed E-state index contributed by atoms with van der Waals surface area (Å²) in [6, 6.07) is 0. The van der Waals surface area contributed by atoms with Crippen LogP contribution in [0.25, 0.3) is 0 Å². The van der Waals surface area contributed by atoms with E-state index in [0.717, 1.165) is 0 Å². The van der Waals surface area contributed by atoms with E-state index in [2.05, 4.69) is 5.10 Å². The van der Waals surface area contributed by atoms with Crippen LogP contribution in [0.5, 0.6) is 0 Å². The van der Waals surface area contributed by atoms with Gasteiger partial charge in [0.25, 0.3) is 0 Å². The zero-order valence-corrected chi connectivity index (χ0v) is 9.97. The number of carbonyl (C=O) groups is 2. The Balaban J connectivity index is 2.07. The van der Waals surface area contributed by atoms with Crippen molar-refractivity contribution in [2.45, 2.75) is 32.5 Å². The van der Waals surface area contributed by atoms with Crippen molar-refractivity contribution in [2.75, 3.05) is 0 Å². The zero-order valence-electron chi connectivity index (χ0n) is 9.97. The summed E-state index contributed by atoms with van der Waals surface area (Å²) in [6.45, 7) is 3.53. The minimum absolute atomic E-state index is 0.199. The van der Waals surface area contributed by atoms with Crippen LogP contribution >= 0.6 is 0 Å². The lowest BCUT2D eigenvalue weighted by atomic mass is 10.2. The molecule has 0 radical (unpaired) electrons. The summed E-state index contributed by atoms with van der Waals surface area (Å²) in [5.41, 5.74) is 1.08. The summed E-state index contributed by atoms with van der Waals surface area (Å²) in [4.78, 5) is 23.1. The van der Waals surface area contributed by atoms with Crippen LogP contribution < -0.4 is 0 Å². The van der Waals surface area contributed by atoms with Crippen LogP contribution in [0.3, 0.4) is 0 Å². The molecule has 92 valence electrons. The van der Waals surface area contributed by atoms with Crippen molar-refractivity contribution in [3.63, 3.8) is 0 Å². The molecule has 6 nitrogen and oxygen atoms in total. The van der Waals surface area contributed by atoms with E-state index in [4.69, 9.17) is 9.47 Å². The summed E-state index contributed by atoms with van der Waals surface area (Å²) >= 11 is 0. The molecule has 0 amide bonds. The predicted molar refractivity (Wildman–Crippen MR) is 57.3 cm³/mol. The van der Waals surface area contributed by atoms with Crippen molar-refractivity contribution < 1.29 is 19.1 Å². The van der Waals surface area contributed by atoms with Crippen LogP contribution in [-0.4, -0.2) is 33.9 Å². The van der Waals surface area contributed by atoms with Crippen molar-refractivity contribution in [1.82, 2.24) is 9.78 Å². The van der Waals surface area contributed by atoms with Crippen molar-refractivity contribution >= 4 is 11.9 Å². The van der Waals surface area contributed by atoms with Gasteiger partial charge >= 0.3 is 11.9 Å². The third-order valence-corrected chi connectivity index (χ3v) is 2.83. The van der Waals surface area contributed by atoms with E-state index >= 15 is 0 Å². The molecule has 1 aromatic heterocycles. The van der Waals surface area contributed by atoms with E-state index in [0.29, 0.717) is 17.7 Å².